The van der Waals surface area contributed by atoms with Gasteiger partial charge in [0.2, 0.25) is 0 Å². The zero-order chi connectivity index (χ0) is 15.1. The maximum Gasteiger partial charge on any atom is 0.299 e. The number of amides is 1. The Morgan fingerprint density at radius 1 is 1.29 bits per heavy atom. The van der Waals surface area contributed by atoms with E-state index in [2.05, 4.69) is 21.0 Å². The van der Waals surface area contributed by atoms with E-state index in [1.165, 1.54) is 0 Å². The molecular formula is C15H14BrN3O2. The lowest BCUT2D eigenvalue weighted by molar-refractivity contribution is -0.114. The largest absolute Gasteiger partial charge is 0.304 e. The van der Waals surface area contributed by atoms with Crippen molar-refractivity contribution in [2.45, 2.75) is 13.3 Å². The maximum absolute atomic E-state index is 12.2. The third kappa shape index (κ3) is 2.40. The zero-order valence-corrected chi connectivity index (χ0v) is 13.3. The quantitative estimate of drug-likeness (QED) is 0.800. The number of Topliss-reactive ketones (excluding diaryl/α,β-unsaturated/α-hetero) is 1. The van der Waals surface area contributed by atoms with E-state index >= 15 is 0 Å². The summed E-state index contributed by atoms with van der Waals surface area (Å²) in [5.74, 6) is -0.879. The standard InChI is InChI=1S/C15H14BrN3O2/c1-9-5-11(16)6-12-13(9)19(15(21)14(12)20)4-3-10-7-17-18(2)8-10/h5-8H,3-4H2,1-2H3. The van der Waals surface area contributed by atoms with Gasteiger partial charge in [-0.1, -0.05) is 15.9 Å². The molecule has 6 heteroatoms. The van der Waals surface area contributed by atoms with E-state index in [9.17, 15) is 9.59 Å². The lowest BCUT2D eigenvalue weighted by Gasteiger charge is -2.18. The number of rotatable bonds is 3. The van der Waals surface area contributed by atoms with Crippen LogP contribution in [0.1, 0.15) is 21.5 Å². The maximum atomic E-state index is 12.2. The smallest absolute Gasteiger partial charge is 0.299 e. The van der Waals surface area contributed by atoms with Gasteiger partial charge in [-0.2, -0.15) is 5.10 Å². The molecule has 0 N–H and O–H groups in total. The predicted molar refractivity (Wildman–Crippen MR) is 82.5 cm³/mol. The van der Waals surface area contributed by atoms with Crippen LogP contribution < -0.4 is 4.90 Å². The molecule has 0 spiro atoms. The molecule has 21 heavy (non-hydrogen) atoms. The number of hydrogen-bond donors (Lipinski definition) is 0. The summed E-state index contributed by atoms with van der Waals surface area (Å²) in [6.07, 6.45) is 4.36. The Morgan fingerprint density at radius 2 is 2.05 bits per heavy atom. The first-order valence-electron chi connectivity index (χ1n) is 6.61. The zero-order valence-electron chi connectivity index (χ0n) is 11.8. The fourth-order valence-electron chi connectivity index (χ4n) is 2.66. The van der Waals surface area contributed by atoms with Gasteiger partial charge in [-0.15, -0.1) is 0 Å². The highest BCUT2D eigenvalue weighted by Crippen LogP contribution is 2.35. The summed E-state index contributed by atoms with van der Waals surface area (Å²) in [6, 6.07) is 3.63. The Morgan fingerprint density at radius 3 is 2.71 bits per heavy atom. The van der Waals surface area contributed by atoms with Crippen LogP contribution in [0.2, 0.25) is 0 Å². The summed E-state index contributed by atoms with van der Waals surface area (Å²) in [5, 5.41) is 4.11. The van der Waals surface area contributed by atoms with Crippen LogP contribution >= 0.6 is 15.9 Å². The average molecular weight is 348 g/mol. The van der Waals surface area contributed by atoms with Crippen LogP contribution in [-0.2, 0) is 18.3 Å². The molecule has 1 aliphatic heterocycles. The third-order valence-electron chi connectivity index (χ3n) is 3.60. The molecule has 5 nitrogen and oxygen atoms in total. The molecule has 1 aliphatic rings. The second-order valence-electron chi connectivity index (χ2n) is 5.18. The Kier molecular flexibility index (Phi) is 3.41. The number of hydrogen-bond acceptors (Lipinski definition) is 3. The minimum Gasteiger partial charge on any atom is -0.304 e. The van der Waals surface area contributed by atoms with Gasteiger partial charge < -0.3 is 4.90 Å². The van der Waals surface area contributed by atoms with Crippen LogP contribution in [0.5, 0.6) is 0 Å². The summed E-state index contributed by atoms with van der Waals surface area (Å²) in [6.45, 7) is 2.39. The third-order valence-corrected chi connectivity index (χ3v) is 4.06. The highest BCUT2D eigenvalue weighted by Gasteiger charge is 2.36. The number of ketones is 1. The van der Waals surface area contributed by atoms with Crippen LogP contribution in [0.4, 0.5) is 5.69 Å². The monoisotopic (exact) mass is 347 g/mol. The molecule has 1 aromatic carbocycles. The first-order valence-corrected chi connectivity index (χ1v) is 7.40. The van der Waals surface area contributed by atoms with Crippen LogP contribution in [0.3, 0.4) is 0 Å². The molecule has 0 fully saturated rings. The van der Waals surface area contributed by atoms with Crippen molar-refractivity contribution < 1.29 is 9.59 Å². The number of fused-ring (bicyclic) bond motifs is 1. The first kappa shape index (κ1) is 14.0. The van der Waals surface area contributed by atoms with Crippen molar-refractivity contribution in [1.29, 1.82) is 0 Å². The van der Waals surface area contributed by atoms with Crippen LogP contribution in [-0.4, -0.2) is 28.0 Å². The number of halogens is 1. The van der Waals surface area contributed by atoms with Gasteiger partial charge >= 0.3 is 0 Å². The lowest BCUT2D eigenvalue weighted by atomic mass is 10.1. The predicted octanol–water partition coefficient (Wildman–Crippen LogP) is 2.26. The van der Waals surface area contributed by atoms with Gasteiger partial charge in [0.05, 0.1) is 17.4 Å². The molecule has 2 heterocycles. The molecule has 0 aliphatic carbocycles. The number of aryl methyl sites for hydroxylation is 2. The van der Waals surface area contributed by atoms with Crippen molar-refractivity contribution in [3.63, 3.8) is 0 Å². The lowest BCUT2D eigenvalue weighted by Crippen LogP contribution is -2.32. The molecule has 0 saturated carbocycles. The Hall–Kier alpha value is -1.95. The van der Waals surface area contributed by atoms with Crippen molar-refractivity contribution in [3.05, 3.63) is 45.7 Å². The van der Waals surface area contributed by atoms with Gasteiger partial charge in [0.25, 0.3) is 11.7 Å². The number of aromatic nitrogens is 2. The van der Waals surface area contributed by atoms with Crippen molar-refractivity contribution in [2.75, 3.05) is 11.4 Å². The van der Waals surface area contributed by atoms with E-state index in [-0.39, 0.29) is 0 Å². The van der Waals surface area contributed by atoms with Crippen molar-refractivity contribution in [3.8, 4) is 0 Å². The van der Waals surface area contributed by atoms with Crippen LogP contribution in [0.25, 0.3) is 0 Å². The topological polar surface area (TPSA) is 55.2 Å². The number of carbonyl (C=O) groups excluding carboxylic acids is 2. The molecule has 0 atom stereocenters. The van der Waals surface area contributed by atoms with Gasteiger partial charge in [-0.3, -0.25) is 14.3 Å². The van der Waals surface area contributed by atoms with Crippen molar-refractivity contribution >= 4 is 33.3 Å². The van der Waals surface area contributed by atoms with E-state index in [0.717, 1.165) is 21.3 Å². The molecule has 0 saturated heterocycles. The molecular weight excluding hydrogens is 334 g/mol. The van der Waals surface area contributed by atoms with Gasteiger partial charge in [0, 0.05) is 24.3 Å². The second-order valence-corrected chi connectivity index (χ2v) is 6.09. The van der Waals surface area contributed by atoms with Crippen molar-refractivity contribution in [2.24, 2.45) is 7.05 Å². The molecule has 2 aromatic rings. The van der Waals surface area contributed by atoms with E-state index in [0.29, 0.717) is 18.5 Å². The summed E-state index contributed by atoms with van der Waals surface area (Å²) < 4.78 is 2.54. The van der Waals surface area contributed by atoms with Gasteiger partial charge in [-0.25, -0.2) is 0 Å². The van der Waals surface area contributed by atoms with Crippen LogP contribution in [0, 0.1) is 6.92 Å². The molecule has 0 unspecified atom stereocenters. The summed E-state index contributed by atoms with van der Waals surface area (Å²) in [5.41, 5.74) is 3.18. The van der Waals surface area contributed by atoms with E-state index in [4.69, 9.17) is 0 Å². The van der Waals surface area contributed by atoms with E-state index < -0.39 is 11.7 Å². The Bertz CT molecular complexity index is 751. The molecule has 1 amide bonds. The fourth-order valence-corrected chi connectivity index (χ4v) is 3.23. The Balaban J connectivity index is 1.90. The van der Waals surface area contributed by atoms with Gasteiger partial charge in [0.15, 0.2) is 0 Å². The second kappa shape index (κ2) is 5.11. The summed E-state index contributed by atoms with van der Waals surface area (Å²) in [4.78, 5) is 25.9. The molecule has 0 radical (unpaired) electrons. The number of anilines is 1. The SMILES string of the molecule is Cc1cc(Br)cc2c1N(CCc1cnn(C)c1)C(=O)C2=O. The van der Waals surface area contributed by atoms with E-state index in [1.54, 1.807) is 21.8 Å². The number of carbonyl (C=O) groups is 2. The summed E-state index contributed by atoms with van der Waals surface area (Å²) >= 11 is 3.37. The molecule has 1 aromatic heterocycles. The highest BCUT2D eigenvalue weighted by molar-refractivity contribution is 9.10. The van der Waals surface area contributed by atoms with Crippen molar-refractivity contribution in [1.82, 2.24) is 9.78 Å². The van der Waals surface area contributed by atoms with Gasteiger partial charge in [-0.05, 0) is 36.6 Å². The minimum absolute atomic E-state index is 0.430. The minimum atomic E-state index is -0.449. The van der Waals surface area contributed by atoms with Crippen LogP contribution in [0.15, 0.2) is 29.0 Å². The normalized spacial score (nSPS) is 14.0. The summed E-state index contributed by atoms with van der Waals surface area (Å²) in [7, 11) is 1.85. The molecule has 3 rings (SSSR count). The molecule has 0 bridgehead atoms. The first-order chi connectivity index (χ1) is 9.97. The highest BCUT2D eigenvalue weighted by atomic mass is 79.9. The number of benzene rings is 1. The van der Waals surface area contributed by atoms with E-state index in [1.807, 2.05) is 26.2 Å². The average Bonchev–Trinajstić information content (AvgIpc) is 2.93. The molecule has 108 valence electrons. The van der Waals surface area contributed by atoms with Gasteiger partial charge in [0.1, 0.15) is 0 Å². The Labute approximate surface area is 130 Å². The fraction of sp³-hybridized carbons (Fsp3) is 0.267. The number of nitrogens with zero attached hydrogens (tertiary/aromatic N) is 3.